The Bertz CT molecular complexity index is 2290. The monoisotopic (exact) mass is 684 g/mol. The lowest BCUT2D eigenvalue weighted by molar-refractivity contribution is -0.140. The maximum absolute atomic E-state index is 14.2. The zero-order valence-corrected chi connectivity index (χ0v) is 29.8. The second-order valence-electron chi connectivity index (χ2n) is 13.2. The summed E-state index contributed by atoms with van der Waals surface area (Å²) >= 11 is 0. The minimum absolute atomic E-state index is 0.146. The summed E-state index contributed by atoms with van der Waals surface area (Å²) in [4.78, 5) is 67.2. The number of ether oxygens (including phenoxy) is 1. The number of aromatic amines is 2. The van der Waals surface area contributed by atoms with Crippen molar-refractivity contribution in [2.75, 3.05) is 14.2 Å². The molecule has 0 aromatic carbocycles. The normalized spacial score (nSPS) is 17.9. The Morgan fingerprint density at radius 3 is 2.31 bits per heavy atom. The molecular weight excluding hydrogens is 644 g/mol. The van der Waals surface area contributed by atoms with Gasteiger partial charge in [0.05, 0.1) is 53.6 Å². The number of nitrogens with one attached hydrogen (secondary N) is 2. The summed E-state index contributed by atoms with van der Waals surface area (Å²) in [5, 5.41) is 0.806. The van der Waals surface area contributed by atoms with Gasteiger partial charge in [0.1, 0.15) is 0 Å². The third-order valence-electron chi connectivity index (χ3n) is 10.5. The van der Waals surface area contributed by atoms with Gasteiger partial charge in [-0.15, -0.1) is 5.06 Å². The van der Waals surface area contributed by atoms with Crippen molar-refractivity contribution in [2.24, 2.45) is 0 Å². The van der Waals surface area contributed by atoms with E-state index in [4.69, 9.17) is 19.5 Å². The Morgan fingerprint density at radius 1 is 0.902 bits per heavy atom. The SMILES string of the molecule is CCC1=C(C)c2cc3nc(cc4[nH]c(c5c6[nH]c(cc1n2)c(C)c6C(=O)N(OC)C5=O)[C@@H](CCC(=O)OC)[C@@H]4C)C(C)=C3/C=C/c1ccncc1. The molecule has 4 aliphatic heterocycles. The second kappa shape index (κ2) is 13.2. The number of carbonyl (C=O) groups excluding carboxylic acids is 3. The molecule has 0 aliphatic carbocycles. The van der Waals surface area contributed by atoms with Gasteiger partial charge >= 0.3 is 5.97 Å². The van der Waals surface area contributed by atoms with E-state index in [9.17, 15) is 14.4 Å². The molecular formula is C40H40N6O5. The summed E-state index contributed by atoms with van der Waals surface area (Å²) in [5.41, 5.74) is 12.0. The molecule has 11 nitrogen and oxygen atoms in total. The van der Waals surface area contributed by atoms with Gasteiger partial charge in [-0.2, -0.15) is 0 Å². The molecule has 3 aromatic rings. The largest absolute Gasteiger partial charge is 0.469 e. The zero-order valence-electron chi connectivity index (χ0n) is 29.8. The zero-order chi connectivity index (χ0) is 36.1. The van der Waals surface area contributed by atoms with E-state index in [0.29, 0.717) is 34.3 Å². The van der Waals surface area contributed by atoms with Crippen LogP contribution < -0.4 is 0 Å². The highest BCUT2D eigenvalue weighted by molar-refractivity contribution is 6.22. The number of hydroxylamine groups is 2. The highest BCUT2D eigenvalue weighted by Crippen LogP contribution is 2.45. The Balaban J connectivity index is 1.59. The van der Waals surface area contributed by atoms with Crippen LogP contribution in [0.5, 0.6) is 0 Å². The Morgan fingerprint density at radius 2 is 1.61 bits per heavy atom. The molecule has 7 heterocycles. The van der Waals surface area contributed by atoms with Crippen LogP contribution in [0.4, 0.5) is 0 Å². The number of methoxy groups -OCH3 is 1. The fraction of sp³-hybridized carbons (Fsp3) is 0.300. The van der Waals surface area contributed by atoms with Gasteiger partial charge in [0.15, 0.2) is 0 Å². The van der Waals surface area contributed by atoms with Crippen LogP contribution in [0.1, 0.15) is 125 Å². The van der Waals surface area contributed by atoms with Crippen molar-refractivity contribution >= 4 is 57.2 Å². The average Bonchev–Trinajstić information content (AvgIpc) is 3.80. The van der Waals surface area contributed by atoms with Gasteiger partial charge in [-0.05, 0) is 91.8 Å². The third-order valence-corrected chi connectivity index (χ3v) is 10.5. The minimum atomic E-state index is -0.593. The van der Waals surface area contributed by atoms with Crippen molar-refractivity contribution in [1.29, 1.82) is 0 Å². The molecule has 51 heavy (non-hydrogen) atoms. The average molecular weight is 685 g/mol. The first-order valence-corrected chi connectivity index (χ1v) is 17.1. The van der Waals surface area contributed by atoms with E-state index in [1.807, 2.05) is 43.3 Å². The molecule has 11 heteroatoms. The van der Waals surface area contributed by atoms with Crippen LogP contribution in [-0.4, -0.2) is 62.0 Å². The maximum atomic E-state index is 14.2. The van der Waals surface area contributed by atoms with Crippen LogP contribution in [0.2, 0.25) is 0 Å². The highest BCUT2D eigenvalue weighted by Gasteiger charge is 2.41. The number of carbonyl (C=O) groups is 3. The van der Waals surface area contributed by atoms with E-state index < -0.39 is 11.8 Å². The molecule has 0 unspecified atom stereocenters. The van der Waals surface area contributed by atoms with Gasteiger partial charge in [0.2, 0.25) is 0 Å². The lowest BCUT2D eigenvalue weighted by Gasteiger charge is -2.25. The highest BCUT2D eigenvalue weighted by atomic mass is 16.7. The molecule has 7 rings (SSSR count). The summed E-state index contributed by atoms with van der Waals surface area (Å²) < 4.78 is 4.99. The van der Waals surface area contributed by atoms with E-state index >= 15 is 0 Å². The summed E-state index contributed by atoms with van der Waals surface area (Å²) in [5.74, 6) is -1.92. The predicted octanol–water partition coefficient (Wildman–Crippen LogP) is 7.72. The summed E-state index contributed by atoms with van der Waals surface area (Å²) in [6, 6.07) is 9.91. The molecule has 2 N–H and O–H groups in total. The molecule has 0 radical (unpaired) electrons. The van der Waals surface area contributed by atoms with Crippen LogP contribution in [0.3, 0.4) is 0 Å². The number of nitrogens with zero attached hydrogens (tertiary/aromatic N) is 4. The number of fused-ring (bicyclic) bond motifs is 8. The fourth-order valence-electron chi connectivity index (χ4n) is 7.51. The standard InChI is InChI=1S/C40H40N6O5/c1-8-25-20(2)29-18-33-26(10-9-24-13-15-41-16-14-24)21(3)28(43-33)17-30-22(4)27(11-12-34(47)50-6)37(44-30)36-38-35(39(48)46(51-7)40(36)49)23(5)31(45-38)19-32(25)42-29/h9-10,13-19,22,27,44-45H,8,11-12H2,1-7H3/b10-9+,30-17?,32-19?,33-18?,37-36?/t22-,27-/m0/s1. The van der Waals surface area contributed by atoms with Crippen LogP contribution in [0, 0.1) is 6.92 Å². The number of amides is 2. The first-order chi connectivity index (χ1) is 24.6. The lowest BCUT2D eigenvalue weighted by Crippen LogP contribution is -2.40. The third kappa shape index (κ3) is 5.67. The van der Waals surface area contributed by atoms with Gasteiger partial charge in [-0.1, -0.05) is 26.0 Å². The predicted molar refractivity (Wildman–Crippen MR) is 195 cm³/mol. The number of pyridine rings is 1. The number of H-pyrrole nitrogens is 2. The molecule has 3 aromatic heterocycles. The number of esters is 1. The molecule has 0 fully saturated rings. The van der Waals surface area contributed by atoms with Crippen molar-refractivity contribution in [3.05, 3.63) is 105 Å². The second-order valence-corrected chi connectivity index (χ2v) is 13.2. The van der Waals surface area contributed by atoms with E-state index in [1.165, 1.54) is 14.2 Å². The molecule has 0 saturated heterocycles. The Labute approximate surface area is 295 Å². The van der Waals surface area contributed by atoms with Gasteiger partial charge in [-0.25, -0.2) is 9.97 Å². The van der Waals surface area contributed by atoms with Gasteiger partial charge < -0.3 is 14.7 Å². The number of allylic oxidation sites excluding steroid dienone is 5. The van der Waals surface area contributed by atoms with Crippen molar-refractivity contribution in [3.8, 4) is 0 Å². The molecule has 260 valence electrons. The number of hydrogen-bond acceptors (Lipinski definition) is 8. The summed E-state index contributed by atoms with van der Waals surface area (Å²) in [7, 11) is 2.67. The van der Waals surface area contributed by atoms with Crippen LogP contribution in [-0.2, 0) is 14.4 Å². The molecule has 4 aliphatic rings. The van der Waals surface area contributed by atoms with E-state index in [0.717, 1.165) is 67.8 Å². The Kier molecular flexibility index (Phi) is 8.76. The molecule has 2 atom stereocenters. The maximum Gasteiger partial charge on any atom is 0.305 e. The summed E-state index contributed by atoms with van der Waals surface area (Å²) in [6.45, 7) is 10.1. The van der Waals surface area contributed by atoms with Crippen molar-refractivity contribution in [3.63, 3.8) is 0 Å². The molecule has 0 spiro atoms. The van der Waals surface area contributed by atoms with Crippen molar-refractivity contribution < 1.29 is 24.0 Å². The van der Waals surface area contributed by atoms with Gasteiger partial charge in [-0.3, -0.25) is 24.2 Å². The number of aryl methyl sites for hydroxylation is 1. The minimum Gasteiger partial charge on any atom is -0.469 e. The van der Waals surface area contributed by atoms with Crippen LogP contribution in [0.15, 0.2) is 48.8 Å². The van der Waals surface area contributed by atoms with Gasteiger partial charge in [0, 0.05) is 53.1 Å². The van der Waals surface area contributed by atoms with Gasteiger partial charge in [0.25, 0.3) is 11.8 Å². The fourth-order valence-corrected chi connectivity index (χ4v) is 7.51. The number of hydrogen-bond donors (Lipinski definition) is 2. The lowest BCUT2D eigenvalue weighted by atomic mass is 9.84. The van der Waals surface area contributed by atoms with Crippen molar-refractivity contribution in [1.82, 2.24) is 30.0 Å². The van der Waals surface area contributed by atoms with Crippen LogP contribution >= 0.6 is 0 Å². The number of imide groups is 1. The van der Waals surface area contributed by atoms with Crippen LogP contribution in [0.25, 0.3) is 39.4 Å². The number of rotatable bonds is 7. The van der Waals surface area contributed by atoms with E-state index in [2.05, 4.69) is 48.7 Å². The summed E-state index contributed by atoms with van der Waals surface area (Å²) in [6.07, 6.45) is 8.95. The Hall–Kier alpha value is -5.68. The first-order valence-electron chi connectivity index (χ1n) is 17.1. The molecule has 2 amide bonds. The van der Waals surface area contributed by atoms with E-state index in [-0.39, 0.29) is 29.8 Å². The number of aromatic nitrogens is 5. The molecule has 0 saturated carbocycles. The molecule has 8 bridgehead atoms. The van der Waals surface area contributed by atoms with Crippen molar-refractivity contribution in [2.45, 2.75) is 65.7 Å². The quantitative estimate of drug-likeness (QED) is 0.190. The first kappa shape index (κ1) is 33.8. The topological polar surface area (TPSA) is 143 Å². The smallest absolute Gasteiger partial charge is 0.305 e. The van der Waals surface area contributed by atoms with E-state index in [1.54, 1.807) is 12.4 Å².